The smallest absolute Gasteiger partial charge is 0.356 e. The summed E-state index contributed by atoms with van der Waals surface area (Å²) in [6.45, 7) is 4.70. The van der Waals surface area contributed by atoms with Crippen LogP contribution in [0.25, 0.3) is 0 Å². The molecule has 0 radical (unpaired) electrons. The van der Waals surface area contributed by atoms with Crippen molar-refractivity contribution in [2.24, 2.45) is 5.92 Å². The third-order valence-electron chi connectivity index (χ3n) is 3.52. The van der Waals surface area contributed by atoms with Crippen molar-refractivity contribution in [2.75, 3.05) is 18.4 Å². The summed E-state index contributed by atoms with van der Waals surface area (Å²) in [6, 6.07) is 4.71. The van der Waals surface area contributed by atoms with E-state index >= 15 is 0 Å². The van der Waals surface area contributed by atoms with E-state index in [0.29, 0.717) is 17.6 Å². The molecule has 3 N–H and O–H groups in total. The van der Waals surface area contributed by atoms with Gasteiger partial charge < -0.3 is 16.0 Å². The fraction of sp³-hybridized carbons (Fsp3) is 0.389. The number of amides is 2. The maximum atomic E-state index is 12.8. The molecule has 6 nitrogen and oxygen atoms in total. The lowest BCUT2D eigenvalue weighted by atomic mass is 10.2. The van der Waals surface area contributed by atoms with E-state index in [1.165, 1.54) is 17.5 Å². The number of halogens is 3. The first-order chi connectivity index (χ1) is 13.1. The second-order valence-electron chi connectivity index (χ2n) is 6.45. The number of thiazole rings is 1. The molecule has 1 aromatic heterocycles. The quantitative estimate of drug-likeness (QED) is 0.614. The van der Waals surface area contributed by atoms with Crippen molar-refractivity contribution in [1.82, 2.24) is 15.6 Å². The lowest BCUT2D eigenvalue weighted by Crippen LogP contribution is -2.32. The summed E-state index contributed by atoms with van der Waals surface area (Å²) < 4.78 is 38.3. The van der Waals surface area contributed by atoms with E-state index in [-0.39, 0.29) is 30.3 Å². The van der Waals surface area contributed by atoms with Gasteiger partial charge in [0.1, 0.15) is 5.69 Å². The van der Waals surface area contributed by atoms with Gasteiger partial charge in [-0.15, -0.1) is 11.3 Å². The minimum absolute atomic E-state index is 0.127. The summed E-state index contributed by atoms with van der Waals surface area (Å²) in [5, 5.41) is 9.88. The number of alkyl halides is 3. The molecule has 2 aromatic rings. The third kappa shape index (κ3) is 6.84. The van der Waals surface area contributed by atoms with E-state index in [4.69, 9.17) is 0 Å². The molecule has 0 bridgehead atoms. The molecule has 0 saturated carbocycles. The zero-order valence-corrected chi connectivity index (χ0v) is 16.2. The zero-order valence-electron chi connectivity index (χ0n) is 15.4. The molecule has 1 aromatic carbocycles. The number of nitrogens with one attached hydrogen (secondary N) is 3. The van der Waals surface area contributed by atoms with Gasteiger partial charge in [0.15, 0.2) is 5.13 Å². The van der Waals surface area contributed by atoms with Gasteiger partial charge in [-0.1, -0.05) is 19.9 Å². The molecular weight excluding hydrogens is 393 g/mol. The number of hydrogen-bond acceptors (Lipinski definition) is 5. The molecule has 0 fully saturated rings. The molecule has 0 spiro atoms. The zero-order chi connectivity index (χ0) is 20.7. The Morgan fingerprint density at radius 3 is 2.64 bits per heavy atom. The molecule has 0 aliphatic carbocycles. The Bertz CT molecular complexity index is 821. The Kier molecular flexibility index (Phi) is 7.38. The first-order valence-electron chi connectivity index (χ1n) is 8.60. The minimum Gasteiger partial charge on any atom is -0.356 e. The second kappa shape index (κ2) is 9.54. The van der Waals surface area contributed by atoms with Gasteiger partial charge in [-0.05, 0) is 24.1 Å². The van der Waals surface area contributed by atoms with Crippen LogP contribution in [0, 0.1) is 5.92 Å². The largest absolute Gasteiger partial charge is 0.416 e. The molecule has 0 aliphatic rings. The highest BCUT2D eigenvalue weighted by atomic mass is 32.1. The van der Waals surface area contributed by atoms with Crippen LogP contribution in [0.4, 0.5) is 24.0 Å². The molecule has 28 heavy (non-hydrogen) atoms. The molecule has 152 valence electrons. The average molecular weight is 414 g/mol. The van der Waals surface area contributed by atoms with Gasteiger partial charge in [-0.25, -0.2) is 4.98 Å². The van der Waals surface area contributed by atoms with Crippen molar-refractivity contribution >= 4 is 34.0 Å². The minimum atomic E-state index is -4.44. The number of nitrogens with zero attached hydrogens (tertiary/aromatic N) is 1. The van der Waals surface area contributed by atoms with Gasteiger partial charge in [0, 0.05) is 30.6 Å². The van der Waals surface area contributed by atoms with Crippen LogP contribution in [0.1, 0.15) is 36.3 Å². The van der Waals surface area contributed by atoms with E-state index in [9.17, 15) is 22.8 Å². The lowest BCUT2D eigenvalue weighted by molar-refractivity contribution is -0.137. The van der Waals surface area contributed by atoms with E-state index in [2.05, 4.69) is 20.9 Å². The molecule has 0 atom stereocenters. The second-order valence-corrected chi connectivity index (χ2v) is 7.30. The van der Waals surface area contributed by atoms with Crippen LogP contribution in [0.15, 0.2) is 29.6 Å². The van der Waals surface area contributed by atoms with Crippen LogP contribution < -0.4 is 16.0 Å². The van der Waals surface area contributed by atoms with Gasteiger partial charge in [-0.3, -0.25) is 9.59 Å². The Morgan fingerprint density at radius 2 is 1.96 bits per heavy atom. The Morgan fingerprint density at radius 1 is 1.21 bits per heavy atom. The summed E-state index contributed by atoms with van der Waals surface area (Å²) in [4.78, 5) is 27.7. The molecule has 0 saturated heterocycles. The van der Waals surface area contributed by atoms with Crippen molar-refractivity contribution in [3.8, 4) is 0 Å². The van der Waals surface area contributed by atoms with Crippen molar-refractivity contribution in [2.45, 2.75) is 26.4 Å². The van der Waals surface area contributed by atoms with E-state index in [1.807, 2.05) is 13.8 Å². The predicted octanol–water partition coefficient (Wildman–Crippen LogP) is 3.80. The van der Waals surface area contributed by atoms with Crippen LogP contribution >= 0.6 is 11.3 Å². The third-order valence-corrected chi connectivity index (χ3v) is 4.28. The highest BCUT2D eigenvalue weighted by Crippen LogP contribution is 2.31. The average Bonchev–Trinajstić information content (AvgIpc) is 3.08. The lowest BCUT2D eigenvalue weighted by Gasteiger charge is -2.09. The summed E-state index contributed by atoms with van der Waals surface area (Å²) in [7, 11) is 0. The van der Waals surface area contributed by atoms with E-state index < -0.39 is 17.6 Å². The number of benzene rings is 1. The molecule has 1 heterocycles. The van der Waals surface area contributed by atoms with Gasteiger partial charge in [0.2, 0.25) is 5.91 Å². The fourth-order valence-corrected chi connectivity index (χ4v) is 2.83. The van der Waals surface area contributed by atoms with Crippen LogP contribution in [-0.4, -0.2) is 29.9 Å². The highest BCUT2D eigenvalue weighted by molar-refractivity contribution is 7.14. The van der Waals surface area contributed by atoms with Crippen molar-refractivity contribution in [3.05, 3.63) is 40.9 Å². The first kappa shape index (κ1) is 21.7. The molecule has 10 heteroatoms. The van der Waals surface area contributed by atoms with Crippen molar-refractivity contribution in [1.29, 1.82) is 0 Å². The monoisotopic (exact) mass is 414 g/mol. The maximum Gasteiger partial charge on any atom is 0.416 e. The molecule has 2 rings (SSSR count). The van der Waals surface area contributed by atoms with Crippen LogP contribution in [0.3, 0.4) is 0 Å². The van der Waals surface area contributed by atoms with Crippen molar-refractivity contribution < 1.29 is 22.8 Å². The maximum absolute atomic E-state index is 12.8. The molecular formula is C18H21F3N4O2S. The van der Waals surface area contributed by atoms with Crippen molar-refractivity contribution in [3.63, 3.8) is 0 Å². The number of carbonyl (C=O) groups is 2. The SMILES string of the molecule is CC(C)CNC(=O)CCNC(=O)c1csc(Nc2cccc(C(F)(F)F)c2)n1. The summed E-state index contributed by atoms with van der Waals surface area (Å²) in [5.74, 6) is -0.263. The number of anilines is 2. The summed E-state index contributed by atoms with van der Waals surface area (Å²) in [6.07, 6.45) is -4.29. The Labute approximate surface area is 164 Å². The highest BCUT2D eigenvalue weighted by Gasteiger charge is 2.30. The number of aromatic nitrogens is 1. The summed E-state index contributed by atoms with van der Waals surface area (Å²) >= 11 is 1.09. The topological polar surface area (TPSA) is 83.1 Å². The normalized spacial score (nSPS) is 11.4. The summed E-state index contributed by atoms with van der Waals surface area (Å²) in [5.41, 5.74) is -0.428. The number of rotatable bonds is 8. The van der Waals surface area contributed by atoms with Gasteiger partial charge in [-0.2, -0.15) is 13.2 Å². The Hall–Kier alpha value is -2.62. The van der Waals surface area contributed by atoms with Crippen LogP contribution in [0.2, 0.25) is 0 Å². The molecule has 0 aliphatic heterocycles. The number of carbonyl (C=O) groups excluding carboxylic acids is 2. The predicted molar refractivity (Wildman–Crippen MR) is 102 cm³/mol. The van der Waals surface area contributed by atoms with Crippen LogP contribution in [-0.2, 0) is 11.0 Å². The first-order valence-corrected chi connectivity index (χ1v) is 9.48. The van der Waals surface area contributed by atoms with E-state index in [1.54, 1.807) is 0 Å². The van der Waals surface area contributed by atoms with E-state index in [0.717, 1.165) is 23.5 Å². The number of hydrogen-bond donors (Lipinski definition) is 3. The van der Waals surface area contributed by atoms with Gasteiger partial charge in [0.05, 0.1) is 5.56 Å². The standard InChI is InChI=1S/C18H21F3N4O2S/c1-11(2)9-23-15(26)6-7-22-16(27)14-10-28-17(25-14)24-13-5-3-4-12(8-13)18(19,20)21/h3-5,8,10-11H,6-7,9H2,1-2H3,(H,22,27)(H,23,26)(H,24,25). The fourth-order valence-electron chi connectivity index (χ4n) is 2.12. The Balaban J connectivity index is 1.86. The van der Waals surface area contributed by atoms with Gasteiger partial charge in [0.25, 0.3) is 5.91 Å². The molecule has 2 amide bonds. The van der Waals surface area contributed by atoms with Crippen LogP contribution in [0.5, 0.6) is 0 Å². The molecule has 0 unspecified atom stereocenters. The van der Waals surface area contributed by atoms with Gasteiger partial charge >= 0.3 is 6.18 Å².